The molecule has 2 N–H and O–H groups in total. The summed E-state index contributed by atoms with van der Waals surface area (Å²) < 4.78 is 20.3. The predicted octanol–water partition coefficient (Wildman–Crippen LogP) is 3.64. The highest BCUT2D eigenvalue weighted by Gasteiger charge is 2.18. The van der Waals surface area contributed by atoms with E-state index >= 15 is 0 Å². The highest BCUT2D eigenvalue weighted by molar-refractivity contribution is 7.46. The molecule has 6 heteroatoms. The molecule has 0 aliphatic heterocycles. The molecule has 0 heterocycles. The summed E-state index contributed by atoms with van der Waals surface area (Å²) in [5.41, 5.74) is 0. The van der Waals surface area contributed by atoms with Gasteiger partial charge < -0.3 is 14.5 Å². The van der Waals surface area contributed by atoms with Crippen LogP contribution in [0.2, 0.25) is 0 Å². The molecule has 0 aromatic heterocycles. The molecule has 0 saturated carbocycles. The molecule has 0 amide bonds. The fourth-order valence-electron chi connectivity index (χ4n) is 1.85. The number of rotatable bonds is 13. The lowest BCUT2D eigenvalue weighted by atomic mass is 10.1. The first-order valence-electron chi connectivity index (χ1n) is 7.27. The van der Waals surface area contributed by atoms with Crippen LogP contribution in [0.5, 0.6) is 0 Å². The highest BCUT2D eigenvalue weighted by Crippen LogP contribution is 2.37. The third-order valence-electron chi connectivity index (χ3n) is 2.81. The molecule has 5 nitrogen and oxygen atoms in total. The van der Waals surface area contributed by atoms with Crippen LogP contribution >= 0.6 is 7.82 Å². The summed E-state index contributed by atoms with van der Waals surface area (Å²) in [7, 11) is -4.38. The molecule has 0 aliphatic carbocycles. The molecule has 0 saturated heterocycles. The Labute approximate surface area is 116 Å². The lowest BCUT2D eigenvalue weighted by molar-refractivity contribution is 0.0403. The quantitative estimate of drug-likeness (QED) is 0.401. The van der Waals surface area contributed by atoms with Crippen molar-refractivity contribution in [3.05, 3.63) is 0 Å². The fourth-order valence-corrected chi connectivity index (χ4v) is 2.38. The number of hydrogen-bond donors (Lipinski definition) is 2. The first-order chi connectivity index (χ1) is 8.95. The fraction of sp³-hybridized carbons (Fsp3) is 1.00. The molecule has 1 atom stereocenters. The Balaban J connectivity index is 3.20. The van der Waals surface area contributed by atoms with E-state index in [0.29, 0.717) is 6.61 Å². The first-order valence-corrected chi connectivity index (χ1v) is 8.80. The van der Waals surface area contributed by atoms with E-state index in [2.05, 4.69) is 11.4 Å². The lowest BCUT2D eigenvalue weighted by Gasteiger charge is -2.13. The van der Waals surface area contributed by atoms with Crippen molar-refractivity contribution < 1.29 is 23.6 Å². The molecule has 0 rings (SSSR count). The van der Waals surface area contributed by atoms with Gasteiger partial charge in [0.25, 0.3) is 0 Å². The van der Waals surface area contributed by atoms with Gasteiger partial charge in [0.15, 0.2) is 0 Å². The molecule has 1 unspecified atom stereocenters. The molecule has 0 bridgehead atoms. The Morgan fingerprint density at radius 3 is 2.05 bits per heavy atom. The molecule has 116 valence electrons. The second kappa shape index (κ2) is 11.9. The predicted molar refractivity (Wildman–Crippen MR) is 76.0 cm³/mol. The monoisotopic (exact) mass is 296 g/mol. The summed E-state index contributed by atoms with van der Waals surface area (Å²) in [6.07, 6.45) is 9.38. The molecule has 0 aromatic rings. The van der Waals surface area contributed by atoms with E-state index in [1.165, 1.54) is 38.5 Å². The average molecular weight is 296 g/mol. The summed E-state index contributed by atoms with van der Waals surface area (Å²) in [5, 5.41) is 0. The Morgan fingerprint density at radius 2 is 1.53 bits per heavy atom. The number of ether oxygens (including phenoxy) is 1. The average Bonchev–Trinajstić information content (AvgIpc) is 2.29. The molecular formula is C13H29O5P. The van der Waals surface area contributed by atoms with Gasteiger partial charge in [-0.25, -0.2) is 4.57 Å². The van der Waals surface area contributed by atoms with Crippen molar-refractivity contribution in [1.29, 1.82) is 0 Å². The van der Waals surface area contributed by atoms with Gasteiger partial charge in [0.2, 0.25) is 0 Å². The molecular weight excluding hydrogens is 267 g/mol. The van der Waals surface area contributed by atoms with Crippen LogP contribution in [0.1, 0.15) is 65.2 Å². The van der Waals surface area contributed by atoms with E-state index in [1.807, 2.05) is 0 Å². The van der Waals surface area contributed by atoms with Crippen LogP contribution < -0.4 is 0 Å². The molecule has 0 radical (unpaired) electrons. The maximum absolute atomic E-state index is 10.5. The Hall–Kier alpha value is 0.0700. The third kappa shape index (κ3) is 16.0. The van der Waals surface area contributed by atoms with Gasteiger partial charge in [-0.3, -0.25) is 4.52 Å². The largest absolute Gasteiger partial charge is 0.469 e. The molecule has 0 fully saturated rings. The van der Waals surface area contributed by atoms with Crippen LogP contribution in [0.25, 0.3) is 0 Å². The minimum atomic E-state index is -4.38. The number of unbranched alkanes of at least 4 members (excludes halogenated alkanes) is 7. The van der Waals surface area contributed by atoms with Crippen LogP contribution in [0, 0.1) is 0 Å². The molecule has 0 aromatic carbocycles. The van der Waals surface area contributed by atoms with Gasteiger partial charge in [0, 0.05) is 6.61 Å². The second-order valence-electron chi connectivity index (χ2n) is 4.96. The Morgan fingerprint density at radius 1 is 1.00 bits per heavy atom. The Kier molecular flexibility index (Phi) is 11.9. The maximum Gasteiger partial charge on any atom is 0.469 e. The van der Waals surface area contributed by atoms with Gasteiger partial charge in [0.05, 0.1) is 12.7 Å². The van der Waals surface area contributed by atoms with Gasteiger partial charge in [0.1, 0.15) is 0 Å². The summed E-state index contributed by atoms with van der Waals surface area (Å²) in [4.78, 5) is 17.2. The van der Waals surface area contributed by atoms with Crippen molar-refractivity contribution in [2.45, 2.75) is 71.3 Å². The van der Waals surface area contributed by atoms with Gasteiger partial charge >= 0.3 is 7.82 Å². The topological polar surface area (TPSA) is 76.0 Å². The van der Waals surface area contributed by atoms with E-state index in [0.717, 1.165) is 12.8 Å². The zero-order valence-electron chi connectivity index (χ0n) is 12.2. The highest BCUT2D eigenvalue weighted by atomic mass is 31.2. The minimum Gasteiger partial charge on any atom is -0.379 e. The van der Waals surface area contributed by atoms with E-state index in [4.69, 9.17) is 14.5 Å². The van der Waals surface area contributed by atoms with E-state index < -0.39 is 13.9 Å². The molecule has 19 heavy (non-hydrogen) atoms. The van der Waals surface area contributed by atoms with Crippen LogP contribution in [0.15, 0.2) is 0 Å². The summed E-state index contributed by atoms with van der Waals surface area (Å²) in [5.74, 6) is 0. The first kappa shape index (κ1) is 19.1. The van der Waals surface area contributed by atoms with E-state index in [9.17, 15) is 4.57 Å². The van der Waals surface area contributed by atoms with Crippen LogP contribution in [0.4, 0.5) is 0 Å². The van der Waals surface area contributed by atoms with Crippen molar-refractivity contribution in [2.24, 2.45) is 0 Å². The summed E-state index contributed by atoms with van der Waals surface area (Å²) in [6.45, 7) is 4.66. The van der Waals surface area contributed by atoms with Gasteiger partial charge in [-0.1, -0.05) is 51.9 Å². The van der Waals surface area contributed by atoms with Gasteiger partial charge in [-0.05, 0) is 13.3 Å². The van der Waals surface area contributed by atoms with Crippen molar-refractivity contribution in [3.63, 3.8) is 0 Å². The molecule has 0 aliphatic rings. The van der Waals surface area contributed by atoms with Crippen molar-refractivity contribution >= 4 is 7.82 Å². The van der Waals surface area contributed by atoms with Gasteiger partial charge in [-0.2, -0.15) is 0 Å². The van der Waals surface area contributed by atoms with Crippen molar-refractivity contribution in [2.75, 3.05) is 13.2 Å². The van der Waals surface area contributed by atoms with Gasteiger partial charge in [-0.15, -0.1) is 0 Å². The van der Waals surface area contributed by atoms with Crippen molar-refractivity contribution in [3.8, 4) is 0 Å². The second-order valence-corrected chi connectivity index (χ2v) is 6.15. The Bertz CT molecular complexity index is 241. The third-order valence-corrected chi connectivity index (χ3v) is 3.45. The summed E-state index contributed by atoms with van der Waals surface area (Å²) >= 11 is 0. The molecule has 0 spiro atoms. The number of hydrogen-bond acceptors (Lipinski definition) is 3. The zero-order chi connectivity index (χ0) is 14.6. The van der Waals surface area contributed by atoms with E-state index in [1.54, 1.807) is 6.92 Å². The number of phosphoric ester groups is 1. The SMILES string of the molecule is CCCCCCCCCCOCC(C)OP(=O)(O)O. The van der Waals surface area contributed by atoms with Crippen LogP contribution in [-0.2, 0) is 13.8 Å². The normalized spacial score (nSPS) is 13.7. The maximum atomic E-state index is 10.5. The smallest absolute Gasteiger partial charge is 0.379 e. The van der Waals surface area contributed by atoms with E-state index in [-0.39, 0.29) is 6.61 Å². The van der Waals surface area contributed by atoms with Crippen LogP contribution in [0.3, 0.4) is 0 Å². The number of phosphoric acid groups is 1. The minimum absolute atomic E-state index is 0.224. The van der Waals surface area contributed by atoms with Crippen LogP contribution in [-0.4, -0.2) is 29.1 Å². The standard InChI is InChI=1S/C13H29O5P/c1-3-4-5-6-7-8-9-10-11-17-12-13(2)18-19(14,15)16/h13H,3-12H2,1-2H3,(H2,14,15,16). The zero-order valence-corrected chi connectivity index (χ0v) is 13.1. The summed E-state index contributed by atoms with van der Waals surface area (Å²) in [6, 6.07) is 0. The lowest BCUT2D eigenvalue weighted by Crippen LogP contribution is -2.15. The van der Waals surface area contributed by atoms with Crippen molar-refractivity contribution in [1.82, 2.24) is 0 Å².